The van der Waals surface area contributed by atoms with Gasteiger partial charge in [-0.05, 0) is 12.8 Å². The van der Waals surface area contributed by atoms with Crippen LogP contribution in [-0.4, -0.2) is 33.0 Å². The fourth-order valence-electron chi connectivity index (χ4n) is 2.29. The third-order valence-corrected chi connectivity index (χ3v) is 3.98. The summed E-state index contributed by atoms with van der Waals surface area (Å²) in [6.45, 7) is 0.736. The van der Waals surface area contributed by atoms with Crippen molar-refractivity contribution in [3.63, 3.8) is 0 Å². The van der Waals surface area contributed by atoms with Crippen LogP contribution in [0.3, 0.4) is 0 Å². The molecular formula is C13H13N3O2S. The number of nitrogens with zero attached hydrogens (tertiary/aromatic N) is 3. The smallest absolute Gasteiger partial charge is 0.326 e. The summed E-state index contributed by atoms with van der Waals surface area (Å²) in [5.41, 5.74) is 0.955. The molecule has 0 spiro atoms. The highest BCUT2D eigenvalue weighted by Gasteiger charge is 2.32. The molecular weight excluding hydrogens is 262 g/mol. The van der Waals surface area contributed by atoms with Gasteiger partial charge in [0.05, 0.1) is 0 Å². The standard InChI is InChI=1S/C13H13N3O2S/c17-12(18)10-7-4-8-16(10)13-14-11(15-19-13)9-5-2-1-3-6-9/h1-3,5-6,10H,4,7-8H2,(H,17,18)/t10-/m0/s1. The maximum atomic E-state index is 11.2. The summed E-state index contributed by atoms with van der Waals surface area (Å²) in [7, 11) is 0. The fourth-order valence-corrected chi connectivity index (χ4v) is 3.05. The molecule has 2 aromatic rings. The number of aliphatic carboxylic acids is 1. The van der Waals surface area contributed by atoms with Crippen molar-refractivity contribution in [2.24, 2.45) is 0 Å². The van der Waals surface area contributed by atoms with Crippen molar-refractivity contribution >= 4 is 22.6 Å². The molecule has 1 aliphatic heterocycles. The van der Waals surface area contributed by atoms with Crippen molar-refractivity contribution in [2.75, 3.05) is 11.4 Å². The Morgan fingerprint density at radius 2 is 2.16 bits per heavy atom. The quantitative estimate of drug-likeness (QED) is 0.930. The molecule has 2 heterocycles. The minimum absolute atomic E-state index is 0.462. The van der Waals surface area contributed by atoms with E-state index >= 15 is 0 Å². The van der Waals surface area contributed by atoms with Crippen LogP contribution in [0.25, 0.3) is 11.4 Å². The van der Waals surface area contributed by atoms with Gasteiger partial charge >= 0.3 is 5.97 Å². The van der Waals surface area contributed by atoms with Gasteiger partial charge in [-0.2, -0.15) is 9.36 Å². The third-order valence-electron chi connectivity index (χ3n) is 3.23. The maximum Gasteiger partial charge on any atom is 0.326 e. The summed E-state index contributed by atoms with van der Waals surface area (Å²) in [4.78, 5) is 17.5. The Morgan fingerprint density at radius 1 is 1.37 bits per heavy atom. The minimum Gasteiger partial charge on any atom is -0.480 e. The van der Waals surface area contributed by atoms with Gasteiger partial charge in [-0.3, -0.25) is 0 Å². The van der Waals surface area contributed by atoms with Crippen LogP contribution >= 0.6 is 11.5 Å². The Balaban J connectivity index is 1.87. The first-order valence-corrected chi connectivity index (χ1v) is 6.91. The molecule has 19 heavy (non-hydrogen) atoms. The second-order valence-corrected chi connectivity index (χ2v) is 5.19. The number of aromatic nitrogens is 2. The zero-order valence-corrected chi connectivity index (χ0v) is 11.0. The van der Waals surface area contributed by atoms with Gasteiger partial charge in [-0.1, -0.05) is 30.3 Å². The van der Waals surface area contributed by atoms with E-state index in [1.54, 1.807) is 0 Å². The molecule has 5 nitrogen and oxygen atoms in total. The molecule has 0 saturated carbocycles. The fraction of sp³-hybridized carbons (Fsp3) is 0.308. The van der Waals surface area contributed by atoms with Crippen LogP contribution in [-0.2, 0) is 4.79 Å². The van der Waals surface area contributed by atoms with E-state index in [-0.39, 0.29) is 0 Å². The number of carbonyl (C=O) groups is 1. The van der Waals surface area contributed by atoms with Crippen LogP contribution < -0.4 is 4.90 Å². The highest BCUT2D eigenvalue weighted by molar-refractivity contribution is 7.09. The topological polar surface area (TPSA) is 66.3 Å². The number of hydrogen-bond donors (Lipinski definition) is 1. The van der Waals surface area contributed by atoms with Crippen molar-refractivity contribution < 1.29 is 9.90 Å². The van der Waals surface area contributed by atoms with Gasteiger partial charge in [0, 0.05) is 23.6 Å². The van der Waals surface area contributed by atoms with E-state index in [1.807, 2.05) is 35.2 Å². The lowest BCUT2D eigenvalue weighted by molar-refractivity contribution is -0.138. The van der Waals surface area contributed by atoms with Crippen molar-refractivity contribution in [1.82, 2.24) is 9.36 Å². The molecule has 1 atom stereocenters. The van der Waals surface area contributed by atoms with Gasteiger partial charge in [0.2, 0.25) is 5.13 Å². The predicted molar refractivity (Wildman–Crippen MR) is 73.3 cm³/mol. The lowest BCUT2D eigenvalue weighted by atomic mass is 10.2. The van der Waals surface area contributed by atoms with Crippen LogP contribution in [0.1, 0.15) is 12.8 Å². The first-order chi connectivity index (χ1) is 9.25. The summed E-state index contributed by atoms with van der Waals surface area (Å²) in [5, 5.41) is 9.88. The van der Waals surface area contributed by atoms with Crippen molar-refractivity contribution in [3.05, 3.63) is 30.3 Å². The third kappa shape index (κ3) is 2.31. The average molecular weight is 275 g/mol. The van der Waals surface area contributed by atoms with Crippen molar-refractivity contribution in [1.29, 1.82) is 0 Å². The molecule has 0 bridgehead atoms. The number of anilines is 1. The molecule has 1 aromatic heterocycles. The number of hydrogen-bond acceptors (Lipinski definition) is 5. The predicted octanol–water partition coefficient (Wildman–Crippen LogP) is 2.26. The van der Waals surface area contributed by atoms with E-state index in [1.165, 1.54) is 11.5 Å². The van der Waals surface area contributed by atoms with Crippen molar-refractivity contribution in [2.45, 2.75) is 18.9 Å². The Kier molecular flexibility index (Phi) is 3.16. The molecule has 1 aromatic carbocycles. The number of carboxylic acids is 1. The van der Waals surface area contributed by atoms with Gasteiger partial charge in [0.25, 0.3) is 0 Å². The molecule has 0 radical (unpaired) electrons. The van der Waals surface area contributed by atoms with E-state index in [0.717, 1.165) is 18.5 Å². The zero-order valence-electron chi connectivity index (χ0n) is 10.2. The van der Waals surface area contributed by atoms with E-state index in [4.69, 9.17) is 0 Å². The van der Waals surface area contributed by atoms with Crippen LogP contribution in [0.5, 0.6) is 0 Å². The van der Waals surface area contributed by atoms with Crippen molar-refractivity contribution in [3.8, 4) is 11.4 Å². The van der Waals surface area contributed by atoms with Gasteiger partial charge in [-0.15, -0.1) is 0 Å². The Hall–Kier alpha value is -1.95. The molecule has 1 saturated heterocycles. The highest BCUT2D eigenvalue weighted by atomic mass is 32.1. The lowest BCUT2D eigenvalue weighted by Crippen LogP contribution is -2.35. The first kappa shape index (κ1) is 12.1. The molecule has 1 aliphatic rings. The number of carboxylic acid groups (broad SMARTS) is 1. The maximum absolute atomic E-state index is 11.2. The molecule has 98 valence electrons. The summed E-state index contributed by atoms with van der Waals surface area (Å²) in [6, 6.07) is 9.25. The van der Waals surface area contributed by atoms with Crippen LogP contribution in [0, 0.1) is 0 Å². The summed E-state index contributed by atoms with van der Waals surface area (Å²) in [5.74, 6) is -0.120. The highest BCUT2D eigenvalue weighted by Crippen LogP contribution is 2.29. The summed E-state index contributed by atoms with van der Waals surface area (Å²) < 4.78 is 4.32. The second kappa shape index (κ2) is 4.97. The molecule has 1 N–H and O–H groups in total. The molecule has 0 unspecified atom stereocenters. The van der Waals surface area contributed by atoms with Gasteiger partial charge in [-0.25, -0.2) is 4.79 Å². The largest absolute Gasteiger partial charge is 0.480 e. The molecule has 1 fully saturated rings. The summed E-state index contributed by atoms with van der Waals surface area (Å²) >= 11 is 1.26. The molecule has 3 rings (SSSR count). The number of rotatable bonds is 3. The second-order valence-electron chi connectivity index (χ2n) is 4.46. The van der Waals surface area contributed by atoms with E-state index in [9.17, 15) is 9.90 Å². The molecule has 0 amide bonds. The van der Waals surface area contributed by atoms with E-state index < -0.39 is 12.0 Å². The van der Waals surface area contributed by atoms with Gasteiger partial charge < -0.3 is 10.0 Å². The minimum atomic E-state index is -0.783. The number of benzene rings is 1. The molecule has 6 heteroatoms. The average Bonchev–Trinajstić information content (AvgIpc) is 3.08. The molecule has 0 aliphatic carbocycles. The Morgan fingerprint density at radius 3 is 2.89 bits per heavy atom. The van der Waals surface area contributed by atoms with Crippen LogP contribution in [0.2, 0.25) is 0 Å². The first-order valence-electron chi connectivity index (χ1n) is 6.14. The monoisotopic (exact) mass is 275 g/mol. The van der Waals surface area contributed by atoms with E-state index in [0.29, 0.717) is 17.4 Å². The lowest BCUT2D eigenvalue weighted by Gasteiger charge is -2.19. The van der Waals surface area contributed by atoms with Gasteiger partial charge in [0.1, 0.15) is 6.04 Å². The van der Waals surface area contributed by atoms with Crippen LogP contribution in [0.4, 0.5) is 5.13 Å². The summed E-state index contributed by atoms with van der Waals surface area (Å²) in [6.07, 6.45) is 1.56. The van der Waals surface area contributed by atoms with Crippen LogP contribution in [0.15, 0.2) is 30.3 Å². The van der Waals surface area contributed by atoms with E-state index in [2.05, 4.69) is 9.36 Å². The Bertz CT molecular complexity index is 585. The SMILES string of the molecule is O=C(O)[C@@H]1CCCN1c1nc(-c2ccccc2)ns1. The normalized spacial score (nSPS) is 18.7. The van der Waals surface area contributed by atoms with Gasteiger partial charge in [0.15, 0.2) is 5.82 Å². The zero-order chi connectivity index (χ0) is 13.2. The Labute approximate surface area is 114 Å².